The van der Waals surface area contributed by atoms with E-state index in [0.29, 0.717) is 5.41 Å². The zero-order valence-corrected chi connectivity index (χ0v) is 11.3. The molecule has 1 aromatic carbocycles. The van der Waals surface area contributed by atoms with E-state index < -0.39 is 0 Å². The number of alkyl halides is 1. The third kappa shape index (κ3) is 2.43. The predicted molar refractivity (Wildman–Crippen MR) is 71.1 cm³/mol. The lowest BCUT2D eigenvalue weighted by atomic mass is 9.84. The van der Waals surface area contributed by atoms with Crippen LogP contribution in [0.4, 0.5) is 0 Å². The summed E-state index contributed by atoms with van der Waals surface area (Å²) in [5, 5.41) is 0.194. The maximum absolute atomic E-state index is 6.57. The highest BCUT2D eigenvalue weighted by Crippen LogP contribution is 2.42. The van der Waals surface area contributed by atoms with Gasteiger partial charge in [0.15, 0.2) is 0 Å². The molecule has 1 aromatic rings. The van der Waals surface area contributed by atoms with E-state index in [4.69, 9.17) is 11.6 Å². The molecular weight excluding hydrogens is 216 g/mol. The Labute approximate surface area is 104 Å². The van der Waals surface area contributed by atoms with Crippen molar-refractivity contribution in [2.45, 2.75) is 51.8 Å². The van der Waals surface area contributed by atoms with Crippen LogP contribution in [0.3, 0.4) is 0 Å². The molecule has 1 aliphatic rings. The molecule has 1 atom stereocenters. The highest BCUT2D eigenvalue weighted by Gasteiger charge is 2.28. The number of aryl methyl sites for hydroxylation is 2. The van der Waals surface area contributed by atoms with Gasteiger partial charge in [-0.15, -0.1) is 11.6 Å². The third-order valence-electron chi connectivity index (χ3n) is 3.76. The lowest BCUT2D eigenvalue weighted by Gasteiger charge is -2.23. The average Bonchev–Trinajstić information content (AvgIpc) is 2.35. The molecule has 0 amide bonds. The largest absolute Gasteiger partial charge is 0.118 e. The second-order valence-electron chi connectivity index (χ2n) is 5.72. The summed E-state index contributed by atoms with van der Waals surface area (Å²) in [7, 11) is 0. The van der Waals surface area contributed by atoms with Gasteiger partial charge >= 0.3 is 0 Å². The first-order chi connectivity index (χ1) is 7.52. The van der Waals surface area contributed by atoms with Crippen molar-refractivity contribution in [1.82, 2.24) is 0 Å². The van der Waals surface area contributed by atoms with Crippen LogP contribution in [0.2, 0.25) is 0 Å². The number of hydrogen-bond donors (Lipinski definition) is 0. The Bertz CT molecular complexity index is 379. The maximum atomic E-state index is 6.57. The fraction of sp³-hybridized carbons (Fsp3) is 0.600. The Balaban J connectivity index is 2.37. The summed E-state index contributed by atoms with van der Waals surface area (Å²) in [5.74, 6) is 0. The van der Waals surface area contributed by atoms with Crippen molar-refractivity contribution in [3.63, 3.8) is 0 Å². The second-order valence-corrected chi connectivity index (χ2v) is 6.25. The minimum atomic E-state index is 0.194. The molecule has 0 nitrogen and oxygen atoms in total. The van der Waals surface area contributed by atoms with E-state index in [1.165, 1.54) is 29.5 Å². The minimum Gasteiger partial charge on any atom is -0.118 e. The quantitative estimate of drug-likeness (QED) is 0.481. The van der Waals surface area contributed by atoms with E-state index in [1.54, 1.807) is 0 Å². The van der Waals surface area contributed by atoms with Gasteiger partial charge in [0, 0.05) is 0 Å². The normalized spacial score (nSPS) is 23.6. The number of halogens is 1. The molecule has 0 fully saturated rings. The van der Waals surface area contributed by atoms with Crippen LogP contribution in [0.1, 0.15) is 55.7 Å². The molecule has 1 unspecified atom stereocenters. The highest BCUT2D eigenvalue weighted by molar-refractivity contribution is 6.21. The summed E-state index contributed by atoms with van der Waals surface area (Å²) < 4.78 is 0. The zero-order chi connectivity index (χ0) is 11.8. The molecule has 0 aromatic heterocycles. The van der Waals surface area contributed by atoms with Gasteiger partial charge in [-0.25, -0.2) is 0 Å². The Hall–Kier alpha value is -0.490. The summed E-state index contributed by atoms with van der Waals surface area (Å²) in [4.78, 5) is 0. The fourth-order valence-electron chi connectivity index (χ4n) is 2.55. The number of rotatable bonds is 1. The molecule has 0 saturated heterocycles. The van der Waals surface area contributed by atoms with E-state index in [1.807, 2.05) is 0 Å². The molecule has 1 heteroatoms. The molecule has 0 saturated carbocycles. The molecule has 0 radical (unpaired) electrons. The minimum absolute atomic E-state index is 0.194. The van der Waals surface area contributed by atoms with Crippen molar-refractivity contribution in [1.29, 1.82) is 0 Å². The van der Waals surface area contributed by atoms with Crippen molar-refractivity contribution < 1.29 is 0 Å². The van der Waals surface area contributed by atoms with Crippen LogP contribution in [-0.2, 0) is 12.8 Å². The number of fused-ring (bicyclic) bond motifs is 1. The van der Waals surface area contributed by atoms with Crippen molar-refractivity contribution in [2.24, 2.45) is 5.41 Å². The zero-order valence-electron chi connectivity index (χ0n) is 10.5. The Morgan fingerprint density at radius 1 is 1.38 bits per heavy atom. The molecular formula is C15H21Cl. The van der Waals surface area contributed by atoms with Crippen LogP contribution in [0.25, 0.3) is 0 Å². The summed E-state index contributed by atoms with van der Waals surface area (Å²) in [6, 6.07) is 6.85. The first kappa shape index (κ1) is 12.0. The first-order valence-corrected chi connectivity index (χ1v) is 6.71. The molecule has 0 aliphatic heterocycles. The first-order valence-electron chi connectivity index (χ1n) is 6.27. The smallest absolute Gasteiger partial charge is 0.0593 e. The van der Waals surface area contributed by atoms with Crippen molar-refractivity contribution in [2.75, 3.05) is 0 Å². The van der Waals surface area contributed by atoms with E-state index in [-0.39, 0.29) is 5.38 Å². The van der Waals surface area contributed by atoms with Gasteiger partial charge < -0.3 is 0 Å². The van der Waals surface area contributed by atoms with Crippen LogP contribution in [0.15, 0.2) is 18.2 Å². The molecule has 16 heavy (non-hydrogen) atoms. The monoisotopic (exact) mass is 236 g/mol. The summed E-state index contributed by atoms with van der Waals surface area (Å²) >= 11 is 6.57. The Kier molecular flexibility index (Phi) is 3.30. The van der Waals surface area contributed by atoms with Crippen molar-refractivity contribution in [3.05, 3.63) is 34.9 Å². The van der Waals surface area contributed by atoms with Crippen LogP contribution in [-0.4, -0.2) is 0 Å². The predicted octanol–water partition coefficient (Wildman–Crippen LogP) is 4.89. The second kappa shape index (κ2) is 4.41. The molecule has 0 heterocycles. The summed E-state index contributed by atoms with van der Waals surface area (Å²) in [6.45, 7) is 6.86. The lowest BCUT2D eigenvalue weighted by Crippen LogP contribution is -2.11. The van der Waals surface area contributed by atoms with E-state index in [0.717, 1.165) is 12.8 Å². The molecule has 0 spiro atoms. The van der Waals surface area contributed by atoms with Gasteiger partial charge in [-0.05, 0) is 47.8 Å². The molecule has 1 aliphatic carbocycles. The maximum Gasteiger partial charge on any atom is 0.0593 e. The van der Waals surface area contributed by atoms with E-state index >= 15 is 0 Å². The summed E-state index contributed by atoms with van der Waals surface area (Å²) in [6.07, 6.45) is 4.61. The van der Waals surface area contributed by atoms with Gasteiger partial charge in [-0.2, -0.15) is 0 Å². The van der Waals surface area contributed by atoms with Crippen molar-refractivity contribution in [3.8, 4) is 0 Å². The van der Waals surface area contributed by atoms with E-state index in [2.05, 4.69) is 39.0 Å². The van der Waals surface area contributed by atoms with Crippen LogP contribution >= 0.6 is 11.6 Å². The third-order valence-corrected chi connectivity index (χ3v) is 4.15. The van der Waals surface area contributed by atoms with Crippen LogP contribution < -0.4 is 0 Å². The molecule has 88 valence electrons. The fourth-order valence-corrected chi connectivity index (χ4v) is 3.17. The topological polar surface area (TPSA) is 0 Å². The van der Waals surface area contributed by atoms with Gasteiger partial charge in [0.25, 0.3) is 0 Å². The number of hydrogen-bond acceptors (Lipinski definition) is 0. The summed E-state index contributed by atoms with van der Waals surface area (Å²) in [5.41, 5.74) is 4.62. The van der Waals surface area contributed by atoms with E-state index in [9.17, 15) is 0 Å². The van der Waals surface area contributed by atoms with Gasteiger partial charge in [0.2, 0.25) is 0 Å². The van der Waals surface area contributed by atoms with Gasteiger partial charge in [0.1, 0.15) is 0 Å². The van der Waals surface area contributed by atoms with Crippen LogP contribution in [0, 0.1) is 5.41 Å². The molecule has 2 rings (SSSR count). The SMILES string of the molecule is CCc1ccc2c(c1)C(Cl)CC(C)(C)CC2. The van der Waals surface area contributed by atoms with Gasteiger partial charge in [-0.3, -0.25) is 0 Å². The standard InChI is InChI=1S/C15H21Cl/c1-4-11-5-6-12-7-8-15(2,3)10-14(16)13(12)9-11/h5-6,9,14H,4,7-8,10H2,1-3H3. The van der Waals surface area contributed by atoms with Gasteiger partial charge in [0.05, 0.1) is 5.38 Å². The number of benzene rings is 1. The highest BCUT2D eigenvalue weighted by atomic mass is 35.5. The Morgan fingerprint density at radius 3 is 2.81 bits per heavy atom. The Morgan fingerprint density at radius 2 is 2.12 bits per heavy atom. The molecule has 0 bridgehead atoms. The lowest BCUT2D eigenvalue weighted by molar-refractivity contribution is 0.313. The molecule has 0 N–H and O–H groups in total. The van der Waals surface area contributed by atoms with Gasteiger partial charge in [-0.1, -0.05) is 39.0 Å². The van der Waals surface area contributed by atoms with Crippen molar-refractivity contribution >= 4 is 11.6 Å². The van der Waals surface area contributed by atoms with Crippen LogP contribution in [0.5, 0.6) is 0 Å². The average molecular weight is 237 g/mol.